The van der Waals surface area contributed by atoms with Crippen LogP contribution in [-0.2, 0) is 11.3 Å². The minimum atomic E-state index is -0.319. The molecule has 1 saturated carbocycles. The van der Waals surface area contributed by atoms with Gasteiger partial charge < -0.3 is 10.6 Å². The van der Waals surface area contributed by atoms with E-state index in [-0.39, 0.29) is 24.4 Å². The SMILES string of the molecule is CCCC(N)C(=O)N(Cc1cccs1)C1CC1.Cl. The molecule has 5 heteroatoms. The van der Waals surface area contributed by atoms with Crippen LogP contribution in [0, 0.1) is 0 Å². The third-order valence-electron chi connectivity index (χ3n) is 3.09. The second-order valence-corrected chi connectivity index (χ2v) is 5.70. The van der Waals surface area contributed by atoms with E-state index in [2.05, 4.69) is 18.4 Å². The van der Waals surface area contributed by atoms with Gasteiger partial charge in [-0.1, -0.05) is 19.4 Å². The fraction of sp³-hybridized carbons (Fsp3) is 0.615. The molecule has 1 fully saturated rings. The standard InChI is InChI=1S/C13H20N2OS.ClH/c1-2-4-12(14)13(16)15(10-6-7-10)9-11-5-3-8-17-11;/h3,5,8,10,12H,2,4,6-7,9,14H2,1H3;1H. The lowest BCUT2D eigenvalue weighted by atomic mass is 10.1. The molecular weight excluding hydrogens is 268 g/mol. The maximum Gasteiger partial charge on any atom is 0.240 e. The van der Waals surface area contributed by atoms with E-state index in [1.807, 2.05) is 11.0 Å². The quantitative estimate of drug-likeness (QED) is 0.875. The maximum atomic E-state index is 12.2. The van der Waals surface area contributed by atoms with Crippen LogP contribution in [0.3, 0.4) is 0 Å². The molecule has 2 rings (SSSR count). The smallest absolute Gasteiger partial charge is 0.240 e. The first-order valence-electron chi connectivity index (χ1n) is 6.30. The summed E-state index contributed by atoms with van der Waals surface area (Å²) in [4.78, 5) is 15.5. The molecule has 3 nitrogen and oxygen atoms in total. The van der Waals surface area contributed by atoms with Gasteiger partial charge in [-0.2, -0.15) is 0 Å². The number of thiophene rings is 1. The predicted octanol–water partition coefficient (Wildman–Crippen LogP) is 2.79. The van der Waals surface area contributed by atoms with Crippen LogP contribution in [0.2, 0.25) is 0 Å². The minimum Gasteiger partial charge on any atom is -0.333 e. The van der Waals surface area contributed by atoms with E-state index in [9.17, 15) is 4.79 Å². The van der Waals surface area contributed by atoms with Gasteiger partial charge in [-0.3, -0.25) is 4.79 Å². The molecule has 1 aromatic heterocycles. The van der Waals surface area contributed by atoms with Crippen molar-refractivity contribution in [3.8, 4) is 0 Å². The average molecular weight is 289 g/mol. The molecule has 1 amide bonds. The van der Waals surface area contributed by atoms with Crippen LogP contribution < -0.4 is 5.73 Å². The van der Waals surface area contributed by atoms with Gasteiger partial charge in [0.1, 0.15) is 0 Å². The Labute approximate surface area is 119 Å². The van der Waals surface area contributed by atoms with Crippen LogP contribution in [0.4, 0.5) is 0 Å². The summed E-state index contributed by atoms with van der Waals surface area (Å²) in [6.45, 7) is 2.80. The molecule has 0 aliphatic heterocycles. The predicted molar refractivity (Wildman–Crippen MR) is 78.0 cm³/mol. The Morgan fingerprint density at radius 2 is 2.33 bits per heavy atom. The third kappa shape index (κ3) is 3.97. The van der Waals surface area contributed by atoms with Gasteiger partial charge in [0.15, 0.2) is 0 Å². The second-order valence-electron chi connectivity index (χ2n) is 4.67. The van der Waals surface area contributed by atoms with E-state index in [0.29, 0.717) is 6.04 Å². The number of carbonyl (C=O) groups excluding carboxylic acids is 1. The number of nitrogens with zero attached hydrogens (tertiary/aromatic N) is 1. The lowest BCUT2D eigenvalue weighted by Gasteiger charge is -2.25. The van der Waals surface area contributed by atoms with Crippen LogP contribution in [0.5, 0.6) is 0 Å². The van der Waals surface area contributed by atoms with E-state index in [4.69, 9.17) is 5.73 Å². The molecule has 1 aliphatic rings. The zero-order valence-electron chi connectivity index (χ0n) is 10.7. The zero-order chi connectivity index (χ0) is 12.3. The highest BCUT2D eigenvalue weighted by Crippen LogP contribution is 2.29. The number of rotatable bonds is 6. The number of amides is 1. The Balaban J connectivity index is 0.00000162. The summed E-state index contributed by atoms with van der Waals surface area (Å²) < 4.78 is 0. The molecule has 0 saturated heterocycles. The fourth-order valence-corrected chi connectivity index (χ4v) is 2.69. The second kappa shape index (κ2) is 7.12. The average Bonchev–Trinajstić information content (AvgIpc) is 3.03. The Hall–Kier alpha value is -0.580. The van der Waals surface area contributed by atoms with Gasteiger partial charge in [0.25, 0.3) is 0 Å². The zero-order valence-corrected chi connectivity index (χ0v) is 12.3. The Morgan fingerprint density at radius 1 is 1.61 bits per heavy atom. The van der Waals surface area contributed by atoms with Crippen LogP contribution >= 0.6 is 23.7 Å². The normalized spacial score (nSPS) is 15.9. The van der Waals surface area contributed by atoms with Crippen molar-refractivity contribution >= 4 is 29.7 Å². The summed E-state index contributed by atoms with van der Waals surface area (Å²) in [6, 6.07) is 4.23. The topological polar surface area (TPSA) is 46.3 Å². The monoisotopic (exact) mass is 288 g/mol. The molecule has 1 atom stereocenters. The summed E-state index contributed by atoms with van der Waals surface area (Å²) in [5.74, 6) is 0.128. The highest BCUT2D eigenvalue weighted by atomic mass is 35.5. The first-order chi connectivity index (χ1) is 8.22. The van der Waals surface area contributed by atoms with Gasteiger partial charge in [-0.05, 0) is 30.7 Å². The minimum absolute atomic E-state index is 0. The molecule has 102 valence electrons. The summed E-state index contributed by atoms with van der Waals surface area (Å²) >= 11 is 1.70. The van der Waals surface area contributed by atoms with E-state index < -0.39 is 0 Å². The number of hydrogen-bond donors (Lipinski definition) is 1. The largest absolute Gasteiger partial charge is 0.333 e. The van der Waals surface area contributed by atoms with Crippen molar-refractivity contribution in [2.45, 2.75) is 51.2 Å². The van der Waals surface area contributed by atoms with Gasteiger partial charge in [-0.25, -0.2) is 0 Å². The lowest BCUT2D eigenvalue weighted by Crippen LogP contribution is -2.44. The molecule has 0 radical (unpaired) electrons. The van der Waals surface area contributed by atoms with Crippen molar-refractivity contribution in [2.75, 3.05) is 0 Å². The van der Waals surface area contributed by atoms with Crippen LogP contribution in [0.1, 0.15) is 37.5 Å². The lowest BCUT2D eigenvalue weighted by molar-refractivity contribution is -0.133. The molecular formula is C13H21ClN2OS. The maximum absolute atomic E-state index is 12.2. The van der Waals surface area contributed by atoms with Crippen molar-refractivity contribution in [1.82, 2.24) is 4.90 Å². The van der Waals surface area contributed by atoms with Crippen molar-refractivity contribution in [3.05, 3.63) is 22.4 Å². The van der Waals surface area contributed by atoms with Gasteiger partial charge in [0.2, 0.25) is 5.91 Å². The van der Waals surface area contributed by atoms with E-state index in [0.717, 1.165) is 32.2 Å². The molecule has 1 aliphatic carbocycles. The van der Waals surface area contributed by atoms with Crippen LogP contribution in [0.15, 0.2) is 17.5 Å². The first kappa shape index (κ1) is 15.5. The summed E-state index contributed by atoms with van der Waals surface area (Å²) in [6.07, 6.45) is 4.02. The molecule has 2 N–H and O–H groups in total. The molecule has 1 aromatic rings. The highest BCUT2D eigenvalue weighted by Gasteiger charge is 2.34. The van der Waals surface area contributed by atoms with Gasteiger partial charge in [-0.15, -0.1) is 23.7 Å². The van der Waals surface area contributed by atoms with E-state index in [1.54, 1.807) is 11.3 Å². The van der Waals surface area contributed by atoms with Crippen molar-refractivity contribution in [3.63, 3.8) is 0 Å². The Bertz CT molecular complexity index is 365. The number of nitrogens with two attached hydrogens (primary N) is 1. The van der Waals surface area contributed by atoms with Crippen molar-refractivity contribution in [1.29, 1.82) is 0 Å². The van der Waals surface area contributed by atoms with Crippen LogP contribution in [-0.4, -0.2) is 22.9 Å². The molecule has 1 unspecified atom stereocenters. The molecule has 0 spiro atoms. The molecule has 0 bridgehead atoms. The first-order valence-corrected chi connectivity index (χ1v) is 7.18. The Kier molecular flexibility index (Phi) is 6.12. The number of halogens is 1. The summed E-state index contributed by atoms with van der Waals surface area (Å²) in [7, 11) is 0. The Morgan fingerprint density at radius 3 is 2.83 bits per heavy atom. The third-order valence-corrected chi connectivity index (χ3v) is 3.96. The van der Waals surface area contributed by atoms with Crippen molar-refractivity contribution < 1.29 is 4.79 Å². The molecule has 1 heterocycles. The highest BCUT2D eigenvalue weighted by molar-refractivity contribution is 7.09. The molecule has 18 heavy (non-hydrogen) atoms. The van der Waals surface area contributed by atoms with E-state index >= 15 is 0 Å². The van der Waals surface area contributed by atoms with Gasteiger partial charge in [0.05, 0.1) is 12.6 Å². The molecule has 0 aromatic carbocycles. The summed E-state index contributed by atoms with van der Waals surface area (Å²) in [5, 5.41) is 2.05. The fourth-order valence-electron chi connectivity index (χ4n) is 1.99. The van der Waals surface area contributed by atoms with Gasteiger partial charge >= 0.3 is 0 Å². The van der Waals surface area contributed by atoms with Crippen LogP contribution in [0.25, 0.3) is 0 Å². The van der Waals surface area contributed by atoms with Crippen molar-refractivity contribution in [2.24, 2.45) is 5.73 Å². The van der Waals surface area contributed by atoms with E-state index in [1.165, 1.54) is 4.88 Å². The summed E-state index contributed by atoms with van der Waals surface area (Å²) in [5.41, 5.74) is 5.94. The number of carbonyl (C=O) groups is 1. The number of hydrogen-bond acceptors (Lipinski definition) is 3. The van der Waals surface area contributed by atoms with Gasteiger partial charge in [0, 0.05) is 10.9 Å².